The van der Waals surface area contributed by atoms with Gasteiger partial charge in [-0.1, -0.05) is 13.0 Å². The van der Waals surface area contributed by atoms with Crippen molar-refractivity contribution in [2.24, 2.45) is 5.41 Å². The number of rotatable bonds is 1. The maximum Gasteiger partial charge on any atom is 0.334 e. The number of amides is 1. The summed E-state index contributed by atoms with van der Waals surface area (Å²) in [6.07, 6.45) is 3.56. The second kappa shape index (κ2) is 5.06. The number of fused-ring (bicyclic) bond motifs is 3. The molecule has 0 aliphatic carbocycles. The first kappa shape index (κ1) is 13.9. The number of carbonyl (C=O) groups excluding carboxylic acids is 2. The average Bonchev–Trinajstić information content (AvgIpc) is 2.78. The molecule has 2 atom stereocenters. The minimum absolute atomic E-state index is 0.0410. The molecule has 2 unspecified atom stereocenters. The molecule has 112 valence electrons. The Morgan fingerprint density at radius 3 is 3.00 bits per heavy atom. The Balaban J connectivity index is 1.95. The highest BCUT2D eigenvalue weighted by atomic mass is 16.5. The number of esters is 1. The molecule has 2 N–H and O–H groups in total. The van der Waals surface area contributed by atoms with Crippen molar-refractivity contribution in [3.63, 3.8) is 0 Å². The standard InChI is InChI=1S/C16H19NO4/c1-2-16-7-3-4-10-5-6-11(18)8-13(10)21-14(19)12(9-16)17-15(16)20/h5-6,8,12,18H,2-4,7,9H2,1H3,(H,17,20). The van der Waals surface area contributed by atoms with Crippen LogP contribution in [-0.4, -0.2) is 23.0 Å². The van der Waals surface area contributed by atoms with Gasteiger partial charge in [-0.2, -0.15) is 0 Å². The summed E-state index contributed by atoms with van der Waals surface area (Å²) in [5.41, 5.74) is 0.444. The van der Waals surface area contributed by atoms with E-state index in [0.29, 0.717) is 12.2 Å². The van der Waals surface area contributed by atoms with Crippen molar-refractivity contribution in [3.05, 3.63) is 23.8 Å². The molecule has 5 heteroatoms. The minimum Gasteiger partial charge on any atom is -0.508 e. The van der Waals surface area contributed by atoms with Crippen LogP contribution < -0.4 is 10.1 Å². The fourth-order valence-corrected chi connectivity index (χ4v) is 3.33. The fourth-order valence-electron chi connectivity index (χ4n) is 3.33. The Hall–Kier alpha value is -2.04. The van der Waals surface area contributed by atoms with Crippen LogP contribution in [0.4, 0.5) is 0 Å². The maximum atomic E-state index is 12.3. The Bertz CT molecular complexity index is 598. The maximum absolute atomic E-state index is 12.3. The van der Waals surface area contributed by atoms with Gasteiger partial charge < -0.3 is 15.2 Å². The van der Waals surface area contributed by atoms with Gasteiger partial charge in [0, 0.05) is 6.07 Å². The molecule has 1 aromatic rings. The van der Waals surface area contributed by atoms with Gasteiger partial charge in [0.25, 0.3) is 0 Å². The number of aryl methyl sites for hydroxylation is 1. The molecule has 2 heterocycles. The van der Waals surface area contributed by atoms with Gasteiger partial charge in [-0.25, -0.2) is 4.79 Å². The highest BCUT2D eigenvalue weighted by Gasteiger charge is 2.48. The zero-order chi connectivity index (χ0) is 15.0. The van der Waals surface area contributed by atoms with E-state index >= 15 is 0 Å². The van der Waals surface area contributed by atoms with E-state index in [1.165, 1.54) is 6.07 Å². The Labute approximate surface area is 123 Å². The molecule has 0 radical (unpaired) electrons. The number of ether oxygens (including phenoxy) is 1. The summed E-state index contributed by atoms with van der Waals surface area (Å²) in [6, 6.07) is 4.23. The summed E-state index contributed by atoms with van der Waals surface area (Å²) in [5, 5.41) is 12.3. The van der Waals surface area contributed by atoms with Crippen LogP contribution in [0.1, 0.15) is 38.2 Å². The van der Waals surface area contributed by atoms with Gasteiger partial charge in [-0.3, -0.25) is 4.79 Å². The van der Waals surface area contributed by atoms with Crippen LogP contribution in [0.5, 0.6) is 11.5 Å². The molecule has 2 aliphatic heterocycles. The number of nitrogens with one attached hydrogen (secondary N) is 1. The van der Waals surface area contributed by atoms with Crippen molar-refractivity contribution in [2.45, 2.75) is 45.1 Å². The molecule has 2 bridgehead atoms. The van der Waals surface area contributed by atoms with Gasteiger partial charge in [-0.15, -0.1) is 0 Å². The largest absolute Gasteiger partial charge is 0.508 e. The van der Waals surface area contributed by atoms with E-state index in [9.17, 15) is 14.7 Å². The molecule has 0 spiro atoms. The molecule has 1 saturated heterocycles. The normalized spacial score (nSPS) is 28.5. The number of phenols is 1. The third-order valence-electron chi connectivity index (χ3n) is 4.71. The number of phenolic OH excluding ortho intramolecular Hbond substituents is 1. The van der Waals surface area contributed by atoms with Crippen LogP contribution in [0.3, 0.4) is 0 Å². The van der Waals surface area contributed by atoms with Crippen LogP contribution >= 0.6 is 0 Å². The van der Waals surface area contributed by atoms with Crippen molar-refractivity contribution in [1.82, 2.24) is 5.32 Å². The van der Waals surface area contributed by atoms with Crippen LogP contribution in [-0.2, 0) is 16.0 Å². The third kappa shape index (κ3) is 2.37. The second-order valence-electron chi connectivity index (χ2n) is 5.93. The zero-order valence-electron chi connectivity index (χ0n) is 12.0. The lowest BCUT2D eigenvalue weighted by Crippen LogP contribution is -2.36. The first-order valence-electron chi connectivity index (χ1n) is 7.39. The van der Waals surface area contributed by atoms with Crippen molar-refractivity contribution < 1.29 is 19.4 Å². The molecule has 1 amide bonds. The summed E-state index contributed by atoms with van der Waals surface area (Å²) in [5.74, 6) is -0.0321. The summed E-state index contributed by atoms with van der Waals surface area (Å²) >= 11 is 0. The van der Waals surface area contributed by atoms with Crippen LogP contribution in [0.2, 0.25) is 0 Å². The molecule has 5 nitrogen and oxygen atoms in total. The molecule has 2 aliphatic rings. The topological polar surface area (TPSA) is 75.6 Å². The SMILES string of the molecule is CCC12CCCc3ccc(O)cc3OC(=O)C(C1)NC2=O. The molecule has 0 saturated carbocycles. The van der Waals surface area contributed by atoms with Crippen molar-refractivity contribution >= 4 is 11.9 Å². The van der Waals surface area contributed by atoms with Gasteiger partial charge in [0.1, 0.15) is 17.5 Å². The van der Waals surface area contributed by atoms with Crippen LogP contribution in [0.15, 0.2) is 18.2 Å². The quantitative estimate of drug-likeness (QED) is 0.612. The first-order valence-corrected chi connectivity index (χ1v) is 7.39. The lowest BCUT2D eigenvalue weighted by molar-refractivity contribution is -0.137. The lowest BCUT2D eigenvalue weighted by Gasteiger charge is -2.25. The predicted molar refractivity (Wildman–Crippen MR) is 76.0 cm³/mol. The van der Waals surface area contributed by atoms with E-state index in [1.54, 1.807) is 12.1 Å². The molecular weight excluding hydrogens is 270 g/mol. The van der Waals surface area contributed by atoms with Gasteiger partial charge in [-0.05, 0) is 43.7 Å². The predicted octanol–water partition coefficient (Wildman–Crippen LogP) is 1.92. The Morgan fingerprint density at radius 1 is 1.43 bits per heavy atom. The van der Waals surface area contributed by atoms with E-state index in [4.69, 9.17) is 4.74 Å². The molecule has 1 aromatic carbocycles. The highest BCUT2D eigenvalue weighted by molar-refractivity contribution is 5.93. The van der Waals surface area contributed by atoms with E-state index in [0.717, 1.165) is 31.2 Å². The van der Waals surface area contributed by atoms with Gasteiger partial charge in [0.05, 0.1) is 5.41 Å². The zero-order valence-corrected chi connectivity index (χ0v) is 12.0. The number of carbonyl (C=O) groups is 2. The highest BCUT2D eigenvalue weighted by Crippen LogP contribution is 2.40. The van der Waals surface area contributed by atoms with Gasteiger partial charge >= 0.3 is 5.97 Å². The minimum atomic E-state index is -0.592. The number of hydrogen-bond donors (Lipinski definition) is 2. The summed E-state index contributed by atoms with van der Waals surface area (Å²) in [6.45, 7) is 1.99. The van der Waals surface area contributed by atoms with Crippen molar-refractivity contribution in [2.75, 3.05) is 0 Å². The fraction of sp³-hybridized carbons (Fsp3) is 0.500. The van der Waals surface area contributed by atoms with E-state index in [2.05, 4.69) is 5.32 Å². The Morgan fingerprint density at radius 2 is 2.24 bits per heavy atom. The van der Waals surface area contributed by atoms with Gasteiger partial charge in [0.2, 0.25) is 5.91 Å². The molecule has 0 aromatic heterocycles. The smallest absolute Gasteiger partial charge is 0.334 e. The monoisotopic (exact) mass is 289 g/mol. The summed E-state index contributed by atoms with van der Waals surface area (Å²) in [7, 11) is 0. The van der Waals surface area contributed by atoms with Crippen molar-refractivity contribution in [1.29, 1.82) is 0 Å². The van der Waals surface area contributed by atoms with E-state index in [1.807, 2.05) is 6.92 Å². The molecular formula is C16H19NO4. The van der Waals surface area contributed by atoms with Crippen LogP contribution in [0.25, 0.3) is 0 Å². The molecule has 1 fully saturated rings. The molecule has 3 rings (SSSR count). The summed E-state index contributed by atoms with van der Waals surface area (Å²) < 4.78 is 5.41. The third-order valence-corrected chi connectivity index (χ3v) is 4.71. The van der Waals surface area contributed by atoms with Gasteiger partial charge in [0.15, 0.2) is 0 Å². The van der Waals surface area contributed by atoms with Crippen molar-refractivity contribution in [3.8, 4) is 11.5 Å². The Kier molecular flexibility index (Phi) is 3.35. The number of benzene rings is 1. The number of aromatic hydroxyl groups is 1. The average molecular weight is 289 g/mol. The second-order valence-corrected chi connectivity index (χ2v) is 5.93. The van der Waals surface area contributed by atoms with E-state index < -0.39 is 17.4 Å². The lowest BCUT2D eigenvalue weighted by atomic mass is 9.77. The number of hydrogen-bond acceptors (Lipinski definition) is 4. The first-order chi connectivity index (χ1) is 10.0. The summed E-state index contributed by atoms with van der Waals surface area (Å²) in [4.78, 5) is 24.5. The van der Waals surface area contributed by atoms with Crippen LogP contribution in [0, 0.1) is 5.41 Å². The van der Waals surface area contributed by atoms with E-state index in [-0.39, 0.29) is 11.7 Å². The molecule has 21 heavy (non-hydrogen) atoms.